The molecule has 3 N–H and O–H groups in total. The monoisotopic (exact) mass is 612 g/mol. The molecule has 1 heterocycles. The molecule has 0 unspecified atom stereocenters. The summed E-state index contributed by atoms with van der Waals surface area (Å²) in [5.41, 5.74) is 2.42. The highest BCUT2D eigenvalue weighted by atomic mass is 32.2. The van der Waals surface area contributed by atoms with Crippen LogP contribution in [0.15, 0.2) is 53.4 Å². The Balaban J connectivity index is 0.000000231. The van der Waals surface area contributed by atoms with E-state index >= 15 is 0 Å². The predicted molar refractivity (Wildman–Crippen MR) is 143 cm³/mol. The van der Waals surface area contributed by atoms with Gasteiger partial charge in [0.05, 0.1) is 19.9 Å². The zero-order chi connectivity index (χ0) is 31.0. The number of hydrogen-bond acceptors (Lipinski definition) is 6. The number of carbonyl (C=O) groups is 1. The second kappa shape index (κ2) is 13.8. The first-order valence-corrected chi connectivity index (χ1v) is 13.5. The minimum Gasteiger partial charge on any atom is -0.497 e. The van der Waals surface area contributed by atoms with E-state index in [9.17, 15) is 35.2 Å². The van der Waals surface area contributed by atoms with Crippen LogP contribution in [-0.2, 0) is 27.7 Å². The lowest BCUT2D eigenvalue weighted by molar-refractivity contribution is -0.105. The first-order valence-electron chi connectivity index (χ1n) is 12.0. The highest BCUT2D eigenvalue weighted by Crippen LogP contribution is 2.29. The molecule has 0 aliphatic carbocycles. The molecule has 9 nitrogen and oxygen atoms in total. The summed E-state index contributed by atoms with van der Waals surface area (Å²) in [6.07, 6.45) is 2.20. The van der Waals surface area contributed by atoms with Gasteiger partial charge in [-0.25, -0.2) is 30.4 Å². The van der Waals surface area contributed by atoms with Crippen LogP contribution in [0, 0.1) is 36.0 Å². The van der Waals surface area contributed by atoms with Crippen molar-refractivity contribution in [2.45, 2.75) is 24.7 Å². The van der Waals surface area contributed by atoms with Gasteiger partial charge in [-0.1, -0.05) is 18.2 Å². The predicted octanol–water partition coefficient (Wildman–Crippen LogP) is 5.27. The molecule has 42 heavy (non-hydrogen) atoms. The van der Waals surface area contributed by atoms with Crippen LogP contribution in [0.5, 0.6) is 11.5 Å². The summed E-state index contributed by atoms with van der Waals surface area (Å²) < 4.78 is 102. The number of ether oxygens (including phenoxy) is 2. The molecular weight excluding hydrogens is 587 g/mol. The number of H-pyrrole nitrogens is 1. The van der Waals surface area contributed by atoms with Crippen molar-refractivity contribution in [1.29, 1.82) is 0 Å². The Morgan fingerprint density at radius 1 is 0.857 bits per heavy atom. The number of aryl methyl sites for hydroxylation is 3. The number of methoxy groups -OCH3 is 2. The van der Waals surface area contributed by atoms with E-state index in [0.717, 1.165) is 35.6 Å². The van der Waals surface area contributed by atoms with Crippen molar-refractivity contribution in [1.82, 2.24) is 10.2 Å². The molecule has 4 aromatic rings. The largest absolute Gasteiger partial charge is 0.497 e. The van der Waals surface area contributed by atoms with Gasteiger partial charge >= 0.3 is 0 Å². The number of amides is 1. The van der Waals surface area contributed by atoms with Gasteiger partial charge in [0.1, 0.15) is 11.5 Å². The highest BCUT2D eigenvalue weighted by molar-refractivity contribution is 7.92. The summed E-state index contributed by atoms with van der Waals surface area (Å²) in [5.74, 6) is -9.86. The van der Waals surface area contributed by atoms with Crippen LogP contribution in [0.25, 0.3) is 0 Å². The van der Waals surface area contributed by atoms with Crippen molar-refractivity contribution >= 4 is 27.9 Å². The molecule has 15 heteroatoms. The van der Waals surface area contributed by atoms with E-state index in [1.807, 2.05) is 24.3 Å². The molecule has 4 rings (SSSR count). The zero-order valence-electron chi connectivity index (χ0n) is 22.4. The maximum Gasteiger partial charge on any atom is 0.268 e. The first kappa shape index (κ1) is 31.9. The fraction of sp³-hybridized carbons (Fsp3) is 0.185. The number of hydrogen-bond donors (Lipinski definition) is 3. The molecule has 3 aromatic carbocycles. The van der Waals surface area contributed by atoms with Gasteiger partial charge in [-0.2, -0.15) is 5.10 Å². The number of nitrogens with zero attached hydrogens (tertiary/aromatic N) is 1. The summed E-state index contributed by atoms with van der Waals surface area (Å²) >= 11 is 0. The molecule has 0 aliphatic rings. The number of rotatable bonds is 10. The van der Waals surface area contributed by atoms with E-state index in [1.165, 1.54) is 25.1 Å². The van der Waals surface area contributed by atoms with Crippen LogP contribution in [0.2, 0.25) is 0 Å². The number of aromatic amines is 1. The molecule has 1 aromatic heterocycles. The molecule has 0 aliphatic heterocycles. The number of carbonyl (C=O) groups excluding carboxylic acids is 1. The van der Waals surface area contributed by atoms with Crippen LogP contribution in [0.3, 0.4) is 0 Å². The Morgan fingerprint density at radius 2 is 1.43 bits per heavy atom. The lowest BCUT2D eigenvalue weighted by Crippen LogP contribution is -2.20. The Bertz CT molecular complexity index is 1630. The average Bonchev–Trinajstić information content (AvgIpc) is 3.42. The SMILES string of the molecule is COc1cc(CCc2cc(NC=O)n[nH]2)cc(OC)c1.Cc1ccccc1NS(=O)(=O)c1c(F)c(F)c(F)c(F)c1F. The topological polar surface area (TPSA) is 122 Å². The molecule has 0 fully saturated rings. The van der Waals surface area contributed by atoms with Gasteiger partial charge in [0.25, 0.3) is 10.0 Å². The third-order valence-corrected chi connectivity index (χ3v) is 7.14. The van der Waals surface area contributed by atoms with Crippen LogP contribution in [0.1, 0.15) is 16.8 Å². The van der Waals surface area contributed by atoms with Crippen LogP contribution >= 0.6 is 0 Å². The van der Waals surface area contributed by atoms with Crippen molar-refractivity contribution < 1.29 is 44.6 Å². The molecule has 0 atom stereocenters. The molecule has 0 radical (unpaired) electrons. The van der Waals surface area contributed by atoms with Crippen molar-refractivity contribution in [3.8, 4) is 11.5 Å². The number of halogens is 5. The van der Waals surface area contributed by atoms with Gasteiger partial charge in [-0.3, -0.25) is 14.6 Å². The number of para-hydroxylation sites is 1. The van der Waals surface area contributed by atoms with E-state index in [2.05, 4.69) is 15.5 Å². The van der Waals surface area contributed by atoms with E-state index in [4.69, 9.17) is 9.47 Å². The Kier molecular flexibility index (Phi) is 10.5. The van der Waals surface area contributed by atoms with Gasteiger partial charge in [-0.15, -0.1) is 0 Å². The minimum absolute atomic E-state index is 0.0496. The van der Waals surface area contributed by atoms with E-state index in [0.29, 0.717) is 17.8 Å². The summed E-state index contributed by atoms with van der Waals surface area (Å²) in [6.45, 7) is 1.50. The van der Waals surface area contributed by atoms with Crippen LogP contribution < -0.4 is 19.5 Å². The fourth-order valence-corrected chi connectivity index (χ4v) is 4.89. The normalized spacial score (nSPS) is 10.9. The highest BCUT2D eigenvalue weighted by Gasteiger charge is 2.33. The molecule has 0 spiro atoms. The van der Waals surface area contributed by atoms with Crippen molar-refractivity contribution in [3.63, 3.8) is 0 Å². The van der Waals surface area contributed by atoms with Crippen molar-refractivity contribution in [3.05, 3.63) is 94.4 Å². The quantitative estimate of drug-likeness (QED) is 0.0971. The van der Waals surface area contributed by atoms with Gasteiger partial charge in [0.15, 0.2) is 34.0 Å². The van der Waals surface area contributed by atoms with Gasteiger partial charge < -0.3 is 14.8 Å². The van der Waals surface area contributed by atoms with Gasteiger partial charge in [0, 0.05) is 17.8 Å². The molecule has 0 bridgehead atoms. The second-order valence-corrected chi connectivity index (χ2v) is 10.2. The number of aromatic nitrogens is 2. The fourth-order valence-electron chi connectivity index (χ4n) is 3.62. The lowest BCUT2D eigenvalue weighted by atomic mass is 10.1. The number of anilines is 2. The van der Waals surface area contributed by atoms with Crippen molar-refractivity contribution in [2.24, 2.45) is 0 Å². The Labute approximate surface area is 237 Å². The van der Waals surface area contributed by atoms with Crippen LogP contribution in [0.4, 0.5) is 33.5 Å². The zero-order valence-corrected chi connectivity index (χ0v) is 23.2. The van der Waals surface area contributed by atoms with E-state index in [-0.39, 0.29) is 5.69 Å². The van der Waals surface area contributed by atoms with E-state index < -0.39 is 44.0 Å². The number of nitrogens with one attached hydrogen (secondary N) is 3. The summed E-state index contributed by atoms with van der Waals surface area (Å²) in [6, 6.07) is 13.4. The maximum absolute atomic E-state index is 13.6. The summed E-state index contributed by atoms with van der Waals surface area (Å²) in [5, 5.41) is 9.35. The van der Waals surface area contributed by atoms with Gasteiger partial charge in [0.2, 0.25) is 12.2 Å². The average molecular weight is 613 g/mol. The third-order valence-electron chi connectivity index (χ3n) is 5.76. The standard InChI is InChI=1S/C14H17N3O3.C13H8F5NO2S/c1-19-12-5-10(6-13(8-12)20-2)3-4-11-7-14(15-9-18)17-16-11;1-6-4-2-3-5-7(6)19-22(20,21)13-11(17)9(15)8(14)10(16)12(13)18/h5-9H,3-4H2,1-2H3,(H2,15,16,17,18);2-5,19H,1H3. The third kappa shape index (κ3) is 7.54. The Hall–Kier alpha value is -4.66. The van der Waals surface area contributed by atoms with Gasteiger partial charge in [-0.05, 0) is 49.1 Å². The summed E-state index contributed by atoms with van der Waals surface area (Å²) in [4.78, 5) is 8.39. The molecule has 1 amide bonds. The second-order valence-electron chi connectivity index (χ2n) is 8.58. The van der Waals surface area contributed by atoms with E-state index in [1.54, 1.807) is 25.0 Å². The maximum atomic E-state index is 13.6. The molecule has 0 saturated heterocycles. The van der Waals surface area contributed by atoms with Crippen molar-refractivity contribution in [2.75, 3.05) is 24.3 Å². The lowest BCUT2D eigenvalue weighted by Gasteiger charge is -2.12. The molecular formula is C27H25F5N4O5S. The van der Waals surface area contributed by atoms with Crippen LogP contribution in [-0.4, -0.2) is 39.2 Å². The molecule has 224 valence electrons. The minimum atomic E-state index is -5.01. The molecule has 0 saturated carbocycles. The smallest absolute Gasteiger partial charge is 0.268 e. The number of benzene rings is 3. The summed E-state index contributed by atoms with van der Waals surface area (Å²) in [7, 11) is -1.75. The Morgan fingerprint density at radius 3 is 1.98 bits per heavy atom. The number of sulfonamides is 1. The first-order chi connectivity index (χ1) is 19.9.